The molecule has 2 heterocycles. The van der Waals surface area contributed by atoms with E-state index in [2.05, 4.69) is 22.0 Å². The SMILES string of the molecule is Nc1ccc(N2CCCC3CCCCC32)c2ncccc12. The van der Waals surface area contributed by atoms with Gasteiger partial charge in [-0.15, -0.1) is 0 Å². The highest BCUT2D eigenvalue weighted by Crippen LogP contribution is 2.40. The summed E-state index contributed by atoms with van der Waals surface area (Å²) in [6.07, 6.45) is 10.1. The number of pyridine rings is 1. The second kappa shape index (κ2) is 5.21. The lowest BCUT2D eigenvalue weighted by Gasteiger charge is -2.45. The summed E-state index contributed by atoms with van der Waals surface area (Å²) in [5.74, 6) is 0.879. The normalized spacial score (nSPS) is 25.8. The molecule has 2 fully saturated rings. The Balaban J connectivity index is 1.80. The van der Waals surface area contributed by atoms with E-state index in [1.165, 1.54) is 44.2 Å². The second-order valence-corrected chi connectivity index (χ2v) is 6.52. The first kappa shape index (κ1) is 12.9. The lowest BCUT2D eigenvalue weighted by atomic mass is 9.78. The van der Waals surface area contributed by atoms with Crippen molar-refractivity contribution in [3.8, 4) is 0 Å². The number of piperidine rings is 1. The molecule has 2 aliphatic rings. The van der Waals surface area contributed by atoms with Crippen molar-refractivity contribution < 1.29 is 0 Å². The number of nitrogens with zero attached hydrogens (tertiary/aromatic N) is 2. The summed E-state index contributed by atoms with van der Waals surface area (Å²) in [5, 5.41) is 1.09. The second-order valence-electron chi connectivity index (χ2n) is 6.52. The van der Waals surface area contributed by atoms with Crippen LogP contribution in [0, 0.1) is 5.92 Å². The maximum atomic E-state index is 6.13. The minimum absolute atomic E-state index is 0.710. The van der Waals surface area contributed by atoms with Crippen LogP contribution in [-0.2, 0) is 0 Å². The highest BCUT2D eigenvalue weighted by molar-refractivity contribution is 5.98. The third-order valence-electron chi connectivity index (χ3n) is 5.33. The van der Waals surface area contributed by atoms with Crippen LogP contribution in [0.4, 0.5) is 11.4 Å². The minimum Gasteiger partial charge on any atom is -0.398 e. The minimum atomic E-state index is 0.710. The lowest BCUT2D eigenvalue weighted by molar-refractivity contribution is 0.244. The number of rotatable bonds is 1. The Bertz CT molecular complexity index is 650. The molecule has 0 radical (unpaired) electrons. The van der Waals surface area contributed by atoms with Crippen LogP contribution in [0.15, 0.2) is 30.5 Å². The molecule has 0 amide bonds. The Morgan fingerprint density at radius 2 is 1.90 bits per heavy atom. The van der Waals surface area contributed by atoms with Crippen LogP contribution >= 0.6 is 0 Å². The van der Waals surface area contributed by atoms with Gasteiger partial charge < -0.3 is 10.6 Å². The lowest BCUT2D eigenvalue weighted by Crippen LogP contribution is -2.47. The van der Waals surface area contributed by atoms with Gasteiger partial charge in [-0.3, -0.25) is 4.98 Å². The fourth-order valence-corrected chi connectivity index (χ4v) is 4.34. The van der Waals surface area contributed by atoms with Gasteiger partial charge in [0.15, 0.2) is 0 Å². The van der Waals surface area contributed by atoms with E-state index in [0.717, 1.165) is 29.1 Å². The molecule has 2 atom stereocenters. The van der Waals surface area contributed by atoms with E-state index in [9.17, 15) is 0 Å². The van der Waals surface area contributed by atoms with Gasteiger partial charge in [0.05, 0.1) is 11.2 Å². The first-order chi connectivity index (χ1) is 10.3. The molecular formula is C18H23N3. The number of anilines is 2. The van der Waals surface area contributed by atoms with Crippen LogP contribution in [0.25, 0.3) is 10.9 Å². The summed E-state index contributed by atoms with van der Waals surface area (Å²) in [6, 6.07) is 9.00. The predicted molar refractivity (Wildman–Crippen MR) is 88.5 cm³/mol. The molecule has 2 aromatic rings. The molecule has 3 nitrogen and oxygen atoms in total. The molecule has 0 bridgehead atoms. The number of nitrogen functional groups attached to an aromatic ring is 1. The van der Waals surface area contributed by atoms with E-state index in [0.29, 0.717) is 6.04 Å². The molecule has 3 heteroatoms. The number of hydrogen-bond donors (Lipinski definition) is 1. The van der Waals surface area contributed by atoms with E-state index < -0.39 is 0 Å². The standard InChI is InChI=1S/C18H23N3/c19-15-9-10-17(18-14(15)7-3-11-20-18)21-12-4-6-13-5-1-2-8-16(13)21/h3,7,9-11,13,16H,1-2,4-6,8,12,19H2. The fraction of sp³-hybridized carbons (Fsp3) is 0.500. The maximum absolute atomic E-state index is 6.13. The number of benzene rings is 1. The summed E-state index contributed by atoms with van der Waals surface area (Å²) in [5.41, 5.74) is 9.32. The molecular weight excluding hydrogens is 258 g/mol. The van der Waals surface area contributed by atoms with Crippen LogP contribution in [0.1, 0.15) is 38.5 Å². The summed E-state index contributed by atoms with van der Waals surface area (Å²) in [4.78, 5) is 7.26. The summed E-state index contributed by atoms with van der Waals surface area (Å²) < 4.78 is 0. The molecule has 21 heavy (non-hydrogen) atoms. The Hall–Kier alpha value is -1.77. The smallest absolute Gasteiger partial charge is 0.0956 e. The fourth-order valence-electron chi connectivity index (χ4n) is 4.34. The largest absolute Gasteiger partial charge is 0.398 e. The molecule has 2 N–H and O–H groups in total. The first-order valence-electron chi connectivity index (χ1n) is 8.24. The van der Waals surface area contributed by atoms with Gasteiger partial charge in [0.2, 0.25) is 0 Å². The van der Waals surface area contributed by atoms with Crippen molar-refractivity contribution in [2.24, 2.45) is 5.92 Å². The van der Waals surface area contributed by atoms with E-state index in [1.807, 2.05) is 18.3 Å². The van der Waals surface area contributed by atoms with Crippen molar-refractivity contribution >= 4 is 22.3 Å². The molecule has 1 saturated heterocycles. The van der Waals surface area contributed by atoms with Crippen molar-refractivity contribution in [3.63, 3.8) is 0 Å². The third kappa shape index (κ3) is 2.15. The Kier molecular flexibility index (Phi) is 3.21. The van der Waals surface area contributed by atoms with Crippen molar-refractivity contribution in [2.45, 2.75) is 44.6 Å². The Morgan fingerprint density at radius 3 is 2.86 bits per heavy atom. The summed E-state index contributed by atoms with van der Waals surface area (Å²) in [7, 11) is 0. The van der Waals surface area contributed by atoms with Gasteiger partial charge in [-0.05, 0) is 55.9 Å². The molecule has 1 aliphatic heterocycles. The zero-order valence-electron chi connectivity index (χ0n) is 12.5. The van der Waals surface area contributed by atoms with E-state index >= 15 is 0 Å². The third-order valence-corrected chi connectivity index (χ3v) is 5.33. The van der Waals surface area contributed by atoms with Gasteiger partial charge in [0, 0.05) is 29.9 Å². The quantitative estimate of drug-likeness (QED) is 0.804. The van der Waals surface area contributed by atoms with Gasteiger partial charge in [0.25, 0.3) is 0 Å². The van der Waals surface area contributed by atoms with E-state index in [-0.39, 0.29) is 0 Å². The van der Waals surface area contributed by atoms with Gasteiger partial charge >= 0.3 is 0 Å². The molecule has 1 saturated carbocycles. The monoisotopic (exact) mass is 281 g/mol. The van der Waals surface area contributed by atoms with Crippen LogP contribution in [-0.4, -0.2) is 17.6 Å². The summed E-state index contributed by atoms with van der Waals surface area (Å²) in [6.45, 7) is 1.16. The Labute approximate surface area is 126 Å². The molecule has 1 aliphatic carbocycles. The van der Waals surface area contributed by atoms with E-state index in [4.69, 9.17) is 5.73 Å². The molecule has 1 aromatic carbocycles. The van der Waals surface area contributed by atoms with Crippen LogP contribution in [0.3, 0.4) is 0 Å². The topological polar surface area (TPSA) is 42.1 Å². The van der Waals surface area contributed by atoms with Crippen molar-refractivity contribution in [1.82, 2.24) is 4.98 Å². The zero-order valence-corrected chi connectivity index (χ0v) is 12.5. The predicted octanol–water partition coefficient (Wildman–Crippen LogP) is 3.98. The molecule has 1 aromatic heterocycles. The highest BCUT2D eigenvalue weighted by atomic mass is 15.2. The van der Waals surface area contributed by atoms with Crippen LogP contribution < -0.4 is 10.6 Å². The molecule has 110 valence electrons. The first-order valence-corrected chi connectivity index (χ1v) is 8.24. The number of fused-ring (bicyclic) bond motifs is 2. The molecule has 4 rings (SSSR count). The van der Waals surface area contributed by atoms with Crippen LogP contribution in [0.5, 0.6) is 0 Å². The van der Waals surface area contributed by atoms with E-state index in [1.54, 1.807) is 0 Å². The van der Waals surface area contributed by atoms with Gasteiger partial charge in [0.1, 0.15) is 0 Å². The van der Waals surface area contributed by atoms with Crippen molar-refractivity contribution in [1.29, 1.82) is 0 Å². The average molecular weight is 281 g/mol. The summed E-state index contributed by atoms with van der Waals surface area (Å²) >= 11 is 0. The van der Waals surface area contributed by atoms with Crippen LogP contribution in [0.2, 0.25) is 0 Å². The zero-order chi connectivity index (χ0) is 14.2. The average Bonchev–Trinajstić information content (AvgIpc) is 2.55. The number of nitrogens with two attached hydrogens (primary N) is 1. The van der Waals surface area contributed by atoms with Crippen molar-refractivity contribution in [2.75, 3.05) is 17.2 Å². The van der Waals surface area contributed by atoms with Gasteiger partial charge in [-0.25, -0.2) is 0 Å². The van der Waals surface area contributed by atoms with Gasteiger partial charge in [-0.2, -0.15) is 0 Å². The number of aromatic nitrogens is 1. The highest BCUT2D eigenvalue weighted by Gasteiger charge is 2.34. The number of hydrogen-bond acceptors (Lipinski definition) is 3. The van der Waals surface area contributed by atoms with Crippen molar-refractivity contribution in [3.05, 3.63) is 30.5 Å². The molecule has 0 spiro atoms. The Morgan fingerprint density at radius 1 is 1.05 bits per heavy atom. The molecule has 2 unspecified atom stereocenters. The maximum Gasteiger partial charge on any atom is 0.0956 e. The van der Waals surface area contributed by atoms with Gasteiger partial charge in [-0.1, -0.05) is 12.8 Å².